The molecule has 6 nitrogen and oxygen atoms in total. The lowest BCUT2D eigenvalue weighted by Gasteiger charge is -2.56. The van der Waals surface area contributed by atoms with Crippen LogP contribution >= 0.6 is 11.3 Å². The number of carbonyl (C=O) groups excluding carboxylic acids is 2. The Balaban J connectivity index is 1.38. The fourth-order valence-corrected chi connectivity index (χ4v) is 5.48. The largest absolute Gasteiger partial charge is 0.362 e. The number of fused-ring (bicyclic) bond motifs is 3. The van der Waals surface area contributed by atoms with Crippen LogP contribution in [0.15, 0.2) is 35.8 Å². The first-order valence-electron chi connectivity index (χ1n) is 9.05. The molecule has 2 heterocycles. The molecule has 3 fully saturated rings. The van der Waals surface area contributed by atoms with Gasteiger partial charge >= 0.3 is 0 Å². The second-order valence-electron chi connectivity index (χ2n) is 7.50. The molecular formula is C19H20N4O2S. The Kier molecular flexibility index (Phi) is 3.53. The van der Waals surface area contributed by atoms with Crippen molar-refractivity contribution in [2.24, 2.45) is 17.8 Å². The Morgan fingerprint density at radius 1 is 1.27 bits per heavy atom. The summed E-state index contributed by atoms with van der Waals surface area (Å²) in [6.45, 7) is 0. The van der Waals surface area contributed by atoms with E-state index < -0.39 is 5.66 Å². The van der Waals surface area contributed by atoms with Crippen LogP contribution < -0.4 is 16.0 Å². The number of aromatic nitrogens is 1. The molecule has 1 aliphatic heterocycles. The first kappa shape index (κ1) is 15.8. The van der Waals surface area contributed by atoms with Gasteiger partial charge in [0.05, 0.1) is 5.56 Å². The minimum absolute atomic E-state index is 0.0147. The molecule has 1 aromatic heterocycles. The van der Waals surface area contributed by atoms with E-state index in [0.29, 0.717) is 10.7 Å². The van der Waals surface area contributed by atoms with Gasteiger partial charge in [0, 0.05) is 29.1 Å². The molecule has 4 atom stereocenters. The average molecular weight is 368 g/mol. The zero-order chi connectivity index (χ0) is 17.7. The summed E-state index contributed by atoms with van der Waals surface area (Å²) in [6.07, 6.45) is 5.33. The van der Waals surface area contributed by atoms with Gasteiger partial charge in [0.2, 0.25) is 5.91 Å². The number of hydrogen-bond acceptors (Lipinski definition) is 5. The van der Waals surface area contributed by atoms with Crippen molar-refractivity contribution in [1.29, 1.82) is 0 Å². The van der Waals surface area contributed by atoms with E-state index in [2.05, 4.69) is 20.9 Å². The van der Waals surface area contributed by atoms with Crippen molar-refractivity contribution in [3.8, 4) is 0 Å². The molecule has 0 radical (unpaired) electrons. The molecule has 2 bridgehead atoms. The monoisotopic (exact) mass is 368 g/mol. The highest BCUT2D eigenvalue weighted by molar-refractivity contribution is 7.13. The van der Waals surface area contributed by atoms with E-state index in [9.17, 15) is 9.59 Å². The Labute approximate surface area is 155 Å². The van der Waals surface area contributed by atoms with Gasteiger partial charge in [0.25, 0.3) is 5.91 Å². The van der Waals surface area contributed by atoms with Gasteiger partial charge in [-0.2, -0.15) is 0 Å². The fourth-order valence-electron chi connectivity index (χ4n) is 4.95. The zero-order valence-electron chi connectivity index (χ0n) is 14.2. The first-order chi connectivity index (χ1) is 12.6. The first-order valence-corrected chi connectivity index (χ1v) is 9.93. The van der Waals surface area contributed by atoms with Gasteiger partial charge in [-0.15, -0.1) is 11.3 Å². The smallest absolute Gasteiger partial charge is 0.255 e. The summed E-state index contributed by atoms with van der Waals surface area (Å²) in [5, 5.41) is 12.3. The average Bonchev–Trinajstić information content (AvgIpc) is 3.15. The number of nitrogens with one attached hydrogen (secondary N) is 3. The van der Waals surface area contributed by atoms with Crippen LogP contribution in [0.4, 0.5) is 10.8 Å². The van der Waals surface area contributed by atoms with E-state index in [4.69, 9.17) is 0 Å². The second kappa shape index (κ2) is 5.81. The number of para-hydroxylation sites is 1. The molecule has 2 amide bonds. The predicted molar refractivity (Wildman–Crippen MR) is 99.9 cm³/mol. The van der Waals surface area contributed by atoms with Crippen molar-refractivity contribution >= 4 is 34.0 Å². The number of anilines is 2. The highest BCUT2D eigenvalue weighted by atomic mass is 32.1. The van der Waals surface area contributed by atoms with Crippen molar-refractivity contribution in [2.75, 3.05) is 10.6 Å². The van der Waals surface area contributed by atoms with E-state index in [1.54, 1.807) is 6.20 Å². The number of carbonyl (C=O) groups is 2. The maximum Gasteiger partial charge on any atom is 0.255 e. The molecule has 7 heteroatoms. The van der Waals surface area contributed by atoms with Crippen molar-refractivity contribution in [3.05, 3.63) is 41.4 Å². The Morgan fingerprint density at radius 3 is 2.92 bits per heavy atom. The van der Waals surface area contributed by atoms with Crippen molar-refractivity contribution in [2.45, 2.75) is 31.3 Å². The molecule has 0 saturated heterocycles. The summed E-state index contributed by atoms with van der Waals surface area (Å²) in [7, 11) is 0. The fraction of sp³-hybridized carbons (Fsp3) is 0.421. The molecule has 3 aliphatic carbocycles. The highest BCUT2D eigenvalue weighted by Gasteiger charge is 2.55. The quantitative estimate of drug-likeness (QED) is 0.761. The SMILES string of the molecule is O=C1N[C@@]2(C[C@H]3CC[C@H]2C[C@H]3C(=O)Nc2nccs2)Nc2ccccc21. The molecule has 6 rings (SSSR count). The number of amides is 2. The number of nitrogens with zero attached hydrogens (tertiary/aromatic N) is 1. The molecule has 1 aromatic carbocycles. The molecule has 2 aromatic rings. The molecule has 4 aliphatic rings. The minimum atomic E-state index is -0.424. The molecule has 134 valence electrons. The van der Waals surface area contributed by atoms with E-state index in [1.807, 2.05) is 29.6 Å². The van der Waals surface area contributed by atoms with Gasteiger partial charge in [-0.3, -0.25) is 9.59 Å². The van der Waals surface area contributed by atoms with Gasteiger partial charge < -0.3 is 16.0 Å². The summed E-state index contributed by atoms with van der Waals surface area (Å²) in [5.74, 6) is 0.539. The summed E-state index contributed by atoms with van der Waals surface area (Å²) >= 11 is 1.44. The molecule has 1 spiro atoms. The zero-order valence-corrected chi connectivity index (χ0v) is 15.0. The third kappa shape index (κ3) is 2.41. The normalized spacial score (nSPS) is 31.8. The van der Waals surface area contributed by atoms with Crippen LogP contribution in [0.25, 0.3) is 0 Å². The third-order valence-corrected chi connectivity index (χ3v) is 6.83. The summed E-state index contributed by atoms with van der Waals surface area (Å²) < 4.78 is 0. The Morgan fingerprint density at radius 2 is 2.15 bits per heavy atom. The summed E-state index contributed by atoms with van der Waals surface area (Å²) in [6, 6.07) is 7.63. The van der Waals surface area contributed by atoms with E-state index in [1.165, 1.54) is 11.3 Å². The molecular weight excluding hydrogens is 348 g/mol. The molecule has 3 N–H and O–H groups in total. The number of benzene rings is 1. The summed E-state index contributed by atoms with van der Waals surface area (Å²) in [4.78, 5) is 29.5. The van der Waals surface area contributed by atoms with Gasteiger partial charge in [-0.05, 0) is 43.7 Å². The van der Waals surface area contributed by atoms with Gasteiger partial charge in [0.1, 0.15) is 5.66 Å². The van der Waals surface area contributed by atoms with E-state index >= 15 is 0 Å². The van der Waals surface area contributed by atoms with Crippen LogP contribution in [0, 0.1) is 17.8 Å². The standard InChI is InChI=1S/C19H20N4O2S/c24-16(21-18-20-7-8-26-18)14-9-12-6-5-11(14)10-19(12)22-15-4-2-1-3-13(15)17(25)23-19/h1-4,7-8,11-12,14,22H,5-6,9-10H2,(H,23,25)(H,20,21,24)/t11-,12+,14-,19-/m1/s1. The van der Waals surface area contributed by atoms with Crippen LogP contribution in [0.5, 0.6) is 0 Å². The van der Waals surface area contributed by atoms with Crippen LogP contribution in [0.1, 0.15) is 36.0 Å². The molecule has 26 heavy (non-hydrogen) atoms. The van der Waals surface area contributed by atoms with Crippen LogP contribution in [0.3, 0.4) is 0 Å². The number of hydrogen-bond donors (Lipinski definition) is 3. The van der Waals surface area contributed by atoms with Crippen molar-refractivity contribution < 1.29 is 9.59 Å². The lowest BCUT2D eigenvalue weighted by atomic mass is 9.58. The Bertz CT molecular complexity index is 868. The molecule has 0 unspecified atom stereocenters. The third-order valence-electron chi connectivity index (χ3n) is 6.14. The van der Waals surface area contributed by atoms with Crippen molar-refractivity contribution in [3.63, 3.8) is 0 Å². The van der Waals surface area contributed by atoms with Crippen LogP contribution in [-0.2, 0) is 4.79 Å². The lowest BCUT2D eigenvalue weighted by molar-refractivity contribution is -0.126. The van der Waals surface area contributed by atoms with Crippen molar-refractivity contribution in [1.82, 2.24) is 10.3 Å². The van der Waals surface area contributed by atoms with Crippen LogP contribution in [-0.4, -0.2) is 22.5 Å². The topological polar surface area (TPSA) is 83.1 Å². The van der Waals surface area contributed by atoms with Gasteiger partial charge in [-0.1, -0.05) is 12.1 Å². The Hall–Kier alpha value is -2.41. The highest BCUT2D eigenvalue weighted by Crippen LogP contribution is 2.52. The predicted octanol–water partition coefficient (Wildman–Crippen LogP) is 3.07. The summed E-state index contributed by atoms with van der Waals surface area (Å²) in [5.41, 5.74) is 1.16. The molecule has 3 saturated carbocycles. The minimum Gasteiger partial charge on any atom is -0.362 e. The maximum absolute atomic E-state index is 12.7. The lowest BCUT2D eigenvalue weighted by Crippen LogP contribution is -2.67. The van der Waals surface area contributed by atoms with E-state index in [0.717, 1.165) is 31.4 Å². The number of thiazole rings is 1. The number of rotatable bonds is 2. The second-order valence-corrected chi connectivity index (χ2v) is 8.40. The van der Waals surface area contributed by atoms with Crippen LogP contribution in [0.2, 0.25) is 0 Å². The maximum atomic E-state index is 12.7. The van der Waals surface area contributed by atoms with Gasteiger partial charge in [-0.25, -0.2) is 4.98 Å². The van der Waals surface area contributed by atoms with E-state index in [-0.39, 0.29) is 29.6 Å². The van der Waals surface area contributed by atoms with Gasteiger partial charge in [0.15, 0.2) is 5.13 Å².